The van der Waals surface area contributed by atoms with Crippen molar-refractivity contribution in [2.24, 2.45) is 0 Å². The van der Waals surface area contributed by atoms with E-state index in [9.17, 15) is 9.59 Å². The Labute approximate surface area is 86.2 Å². The van der Waals surface area contributed by atoms with Crippen LogP contribution in [0, 0.1) is 0 Å². The second-order valence-corrected chi connectivity index (χ2v) is 5.16. The Kier molecular flexibility index (Phi) is 2.24. The molecule has 13 heavy (non-hydrogen) atoms. The number of amides is 3. The fourth-order valence-electron chi connectivity index (χ4n) is 1.33. The van der Waals surface area contributed by atoms with Crippen molar-refractivity contribution < 1.29 is 9.59 Å². The number of carbonyl (C=O) groups is 2. The molecule has 0 radical (unpaired) electrons. The van der Waals surface area contributed by atoms with Gasteiger partial charge in [-0.05, 0) is 20.8 Å². The van der Waals surface area contributed by atoms with Crippen LogP contribution >= 0.6 is 23.2 Å². The molecule has 0 aliphatic carbocycles. The van der Waals surface area contributed by atoms with Crippen molar-refractivity contribution >= 4 is 35.1 Å². The van der Waals surface area contributed by atoms with Crippen LogP contribution in [0.2, 0.25) is 0 Å². The van der Waals surface area contributed by atoms with E-state index in [1.165, 1.54) is 6.92 Å². The minimum Gasteiger partial charge on any atom is -0.278 e. The fourth-order valence-corrected chi connectivity index (χ4v) is 1.91. The molecule has 1 aliphatic rings. The van der Waals surface area contributed by atoms with Crippen LogP contribution in [0.3, 0.4) is 0 Å². The van der Waals surface area contributed by atoms with Crippen molar-refractivity contribution in [1.82, 2.24) is 10.2 Å². The zero-order valence-electron chi connectivity index (χ0n) is 7.52. The van der Waals surface area contributed by atoms with Crippen LogP contribution in [0.25, 0.3) is 0 Å². The van der Waals surface area contributed by atoms with Gasteiger partial charge in [-0.15, -0.1) is 0 Å². The molecule has 0 aromatic heterocycles. The molecular formula is C7H10Cl2N2O2. The van der Waals surface area contributed by atoms with Gasteiger partial charge in [-0.2, -0.15) is 0 Å². The third-order valence-corrected chi connectivity index (χ3v) is 2.27. The molecule has 0 saturated carbocycles. The van der Waals surface area contributed by atoms with Gasteiger partial charge < -0.3 is 0 Å². The Balaban J connectivity index is 3.10. The van der Waals surface area contributed by atoms with Gasteiger partial charge in [0.25, 0.3) is 5.91 Å². The Morgan fingerprint density at radius 1 is 1.38 bits per heavy atom. The Morgan fingerprint density at radius 3 is 2.00 bits per heavy atom. The maximum absolute atomic E-state index is 11.3. The summed E-state index contributed by atoms with van der Waals surface area (Å²) in [6.07, 6.45) is 0. The summed E-state index contributed by atoms with van der Waals surface area (Å²) >= 11 is 11.5. The van der Waals surface area contributed by atoms with Crippen molar-refractivity contribution in [3.8, 4) is 0 Å². The van der Waals surface area contributed by atoms with E-state index in [0.29, 0.717) is 0 Å². The summed E-state index contributed by atoms with van der Waals surface area (Å²) in [7, 11) is 0. The Morgan fingerprint density at radius 2 is 1.85 bits per heavy atom. The number of halogens is 2. The molecule has 1 aliphatic heterocycles. The Bertz CT molecular complexity index is 270. The van der Waals surface area contributed by atoms with Crippen LogP contribution in [0.4, 0.5) is 4.79 Å². The molecule has 1 saturated heterocycles. The summed E-state index contributed by atoms with van der Waals surface area (Å²) in [6.45, 7) is 4.60. The predicted octanol–water partition coefficient (Wildman–Crippen LogP) is 1.47. The lowest BCUT2D eigenvalue weighted by Gasteiger charge is -2.35. The normalized spacial score (nSPS) is 22.1. The van der Waals surface area contributed by atoms with E-state index < -0.39 is 21.9 Å². The first kappa shape index (κ1) is 10.6. The van der Waals surface area contributed by atoms with Gasteiger partial charge in [-0.1, -0.05) is 23.2 Å². The molecule has 74 valence electrons. The van der Waals surface area contributed by atoms with Gasteiger partial charge in [0.1, 0.15) is 5.54 Å². The quantitative estimate of drug-likeness (QED) is 0.417. The van der Waals surface area contributed by atoms with Gasteiger partial charge in [-0.25, -0.2) is 4.79 Å². The SMILES string of the molecule is CC(Cl)(Cl)N1C(=O)NC(=O)C1(C)C. The van der Waals surface area contributed by atoms with Crippen LogP contribution in [-0.4, -0.2) is 26.8 Å². The topological polar surface area (TPSA) is 49.4 Å². The maximum atomic E-state index is 11.3. The number of hydrogen-bond donors (Lipinski definition) is 1. The standard InChI is InChI=1S/C7H10Cl2N2O2/c1-6(2)4(12)10-5(13)11(6)7(3,8)9/h1-3H3,(H,10,12,13). The Hall–Kier alpha value is -0.480. The van der Waals surface area contributed by atoms with E-state index in [-0.39, 0.29) is 0 Å². The molecule has 1 rings (SSSR count). The molecule has 4 nitrogen and oxygen atoms in total. The van der Waals surface area contributed by atoms with Crippen molar-refractivity contribution in [1.29, 1.82) is 0 Å². The second-order valence-electron chi connectivity index (χ2n) is 3.50. The van der Waals surface area contributed by atoms with Crippen LogP contribution in [0.5, 0.6) is 0 Å². The van der Waals surface area contributed by atoms with Gasteiger partial charge in [-0.3, -0.25) is 15.0 Å². The zero-order chi connectivity index (χ0) is 10.4. The molecular weight excluding hydrogens is 215 g/mol. The number of carbonyl (C=O) groups excluding carboxylic acids is 2. The first-order chi connectivity index (χ1) is 5.67. The second kappa shape index (κ2) is 2.75. The van der Waals surface area contributed by atoms with Crippen molar-refractivity contribution in [2.75, 3.05) is 0 Å². The lowest BCUT2D eigenvalue weighted by atomic mass is 10.0. The van der Waals surface area contributed by atoms with Crippen molar-refractivity contribution in [3.05, 3.63) is 0 Å². The molecule has 6 heteroatoms. The lowest BCUT2D eigenvalue weighted by Crippen LogP contribution is -2.51. The smallest absolute Gasteiger partial charge is 0.278 e. The highest BCUT2D eigenvalue weighted by atomic mass is 35.5. The molecule has 0 aromatic rings. The highest BCUT2D eigenvalue weighted by Crippen LogP contribution is 2.35. The molecule has 0 atom stereocenters. The predicted molar refractivity (Wildman–Crippen MR) is 49.6 cm³/mol. The monoisotopic (exact) mass is 224 g/mol. The molecule has 1 heterocycles. The number of hydrogen-bond acceptors (Lipinski definition) is 2. The molecule has 0 bridgehead atoms. The average molecular weight is 225 g/mol. The zero-order valence-corrected chi connectivity index (χ0v) is 9.03. The van der Waals surface area contributed by atoms with Gasteiger partial charge in [0.15, 0.2) is 4.46 Å². The number of nitrogens with zero attached hydrogens (tertiary/aromatic N) is 1. The third kappa shape index (κ3) is 1.60. The van der Waals surface area contributed by atoms with E-state index in [4.69, 9.17) is 23.2 Å². The number of nitrogens with one attached hydrogen (secondary N) is 1. The summed E-state index contributed by atoms with van der Waals surface area (Å²) in [5.41, 5.74) is -1.00. The van der Waals surface area contributed by atoms with Crippen LogP contribution in [0.15, 0.2) is 0 Å². The van der Waals surface area contributed by atoms with Crippen molar-refractivity contribution in [2.45, 2.75) is 30.8 Å². The molecule has 3 amide bonds. The summed E-state index contributed by atoms with van der Waals surface area (Å²) in [5.74, 6) is -0.398. The van der Waals surface area contributed by atoms with Crippen LogP contribution in [-0.2, 0) is 4.79 Å². The summed E-state index contributed by atoms with van der Waals surface area (Å²) < 4.78 is -1.39. The van der Waals surface area contributed by atoms with E-state index >= 15 is 0 Å². The highest BCUT2D eigenvalue weighted by Gasteiger charge is 2.52. The van der Waals surface area contributed by atoms with Crippen LogP contribution < -0.4 is 5.32 Å². The third-order valence-electron chi connectivity index (χ3n) is 1.93. The molecule has 0 unspecified atom stereocenters. The van der Waals surface area contributed by atoms with E-state index in [1.54, 1.807) is 13.8 Å². The minimum atomic E-state index is -1.39. The first-order valence-electron chi connectivity index (χ1n) is 3.71. The number of alkyl halides is 2. The lowest BCUT2D eigenvalue weighted by molar-refractivity contribution is -0.125. The number of urea groups is 1. The fraction of sp³-hybridized carbons (Fsp3) is 0.714. The van der Waals surface area contributed by atoms with E-state index in [1.807, 2.05) is 0 Å². The van der Waals surface area contributed by atoms with E-state index in [2.05, 4.69) is 5.32 Å². The van der Waals surface area contributed by atoms with E-state index in [0.717, 1.165) is 4.90 Å². The first-order valence-corrected chi connectivity index (χ1v) is 4.46. The molecule has 1 N–H and O–H groups in total. The maximum Gasteiger partial charge on any atom is 0.327 e. The average Bonchev–Trinajstić information content (AvgIpc) is 1.99. The molecule has 1 fully saturated rings. The molecule has 0 aromatic carbocycles. The summed E-state index contributed by atoms with van der Waals surface area (Å²) in [6, 6.07) is -0.567. The summed E-state index contributed by atoms with van der Waals surface area (Å²) in [5, 5.41) is 2.14. The summed E-state index contributed by atoms with van der Waals surface area (Å²) in [4.78, 5) is 23.6. The minimum absolute atomic E-state index is 0.398. The number of rotatable bonds is 1. The largest absolute Gasteiger partial charge is 0.327 e. The van der Waals surface area contributed by atoms with Crippen molar-refractivity contribution in [3.63, 3.8) is 0 Å². The van der Waals surface area contributed by atoms with Gasteiger partial charge in [0.05, 0.1) is 0 Å². The van der Waals surface area contributed by atoms with Gasteiger partial charge in [0.2, 0.25) is 0 Å². The molecule has 0 spiro atoms. The number of imide groups is 1. The van der Waals surface area contributed by atoms with Gasteiger partial charge in [0, 0.05) is 0 Å². The van der Waals surface area contributed by atoms with Gasteiger partial charge >= 0.3 is 6.03 Å². The highest BCUT2D eigenvalue weighted by molar-refractivity contribution is 6.48. The van der Waals surface area contributed by atoms with Crippen LogP contribution in [0.1, 0.15) is 20.8 Å².